The van der Waals surface area contributed by atoms with Gasteiger partial charge in [-0.3, -0.25) is 0 Å². The highest BCUT2D eigenvalue weighted by atomic mass is 35.5. The Labute approximate surface area is 128 Å². The smallest absolute Gasteiger partial charge is 0.425 e. The molecule has 0 spiro atoms. The molecular weight excluding hydrogens is 296 g/mol. The lowest BCUT2D eigenvalue weighted by Crippen LogP contribution is -2.39. The van der Waals surface area contributed by atoms with E-state index in [1.807, 2.05) is 18.2 Å². The molecule has 3 N–H and O–H groups in total. The highest BCUT2D eigenvalue weighted by Gasteiger charge is 2.29. The molecule has 1 rings (SSSR count). The molecule has 6 nitrogen and oxygen atoms in total. The second kappa shape index (κ2) is 9.20. The van der Waals surface area contributed by atoms with Crippen molar-refractivity contribution >= 4 is 23.8 Å². The minimum atomic E-state index is -1.17. The maximum absolute atomic E-state index is 11.8. The molecule has 0 radical (unpaired) electrons. The van der Waals surface area contributed by atoms with Crippen LogP contribution in [-0.2, 0) is 16.1 Å². The van der Waals surface area contributed by atoms with Gasteiger partial charge in [-0.1, -0.05) is 30.3 Å². The van der Waals surface area contributed by atoms with Gasteiger partial charge in [0.15, 0.2) is 0 Å². The zero-order valence-electron chi connectivity index (χ0n) is 11.6. The highest BCUT2D eigenvalue weighted by molar-refractivity contribution is 6.21. The monoisotopic (exact) mass is 314 g/mol. The number of hydrogen-bond acceptors (Lipinski definition) is 4. The third kappa shape index (κ3) is 6.01. The van der Waals surface area contributed by atoms with Crippen LogP contribution in [-0.4, -0.2) is 34.2 Å². The number of rotatable bonds is 8. The first-order valence-electron chi connectivity index (χ1n) is 6.64. The van der Waals surface area contributed by atoms with Crippen molar-refractivity contribution < 1.29 is 19.4 Å². The maximum atomic E-state index is 11.8. The second-order valence-corrected chi connectivity index (χ2v) is 4.85. The molecule has 0 fully saturated rings. The van der Waals surface area contributed by atoms with Gasteiger partial charge in [0, 0.05) is 11.8 Å². The topological polar surface area (TPSA) is 92.9 Å². The quantitative estimate of drug-likeness (QED) is 0.567. The molecule has 21 heavy (non-hydrogen) atoms. The largest absolute Gasteiger partial charge is 0.480 e. The summed E-state index contributed by atoms with van der Waals surface area (Å²) in [5.74, 6) is -1.17. The molecule has 1 unspecified atom stereocenters. The number of carboxylic acids is 1. The fourth-order valence-electron chi connectivity index (χ4n) is 1.72. The van der Waals surface area contributed by atoms with E-state index in [0.717, 1.165) is 5.56 Å². The van der Waals surface area contributed by atoms with E-state index >= 15 is 0 Å². The summed E-state index contributed by atoms with van der Waals surface area (Å²) in [6.45, 7) is 0.505. The van der Waals surface area contributed by atoms with Crippen LogP contribution < -0.4 is 5.73 Å². The van der Waals surface area contributed by atoms with Gasteiger partial charge >= 0.3 is 12.1 Å². The lowest BCUT2D eigenvalue weighted by atomic mass is 10.1. The number of nitrogens with zero attached hydrogens (tertiary/aromatic N) is 1. The molecule has 1 atom stereocenters. The van der Waals surface area contributed by atoms with Crippen LogP contribution in [0.15, 0.2) is 30.3 Å². The average Bonchev–Trinajstić information content (AvgIpc) is 2.49. The van der Waals surface area contributed by atoms with Crippen LogP contribution in [0.3, 0.4) is 0 Å². The minimum absolute atomic E-state index is 0.0397. The van der Waals surface area contributed by atoms with Gasteiger partial charge in [0.1, 0.15) is 12.6 Å². The van der Waals surface area contributed by atoms with Gasteiger partial charge < -0.3 is 15.6 Å². The first-order valence-corrected chi connectivity index (χ1v) is 6.98. The highest BCUT2D eigenvalue weighted by Crippen LogP contribution is 2.14. The van der Waals surface area contributed by atoms with Crippen LogP contribution >= 0.6 is 11.8 Å². The fraction of sp³-hybridized carbons (Fsp3) is 0.429. The van der Waals surface area contributed by atoms with Crippen LogP contribution in [0.25, 0.3) is 0 Å². The molecule has 0 aliphatic heterocycles. The molecule has 7 heteroatoms. The number of nitrogens with two attached hydrogens (primary N) is 1. The van der Waals surface area contributed by atoms with Crippen molar-refractivity contribution in [3.8, 4) is 0 Å². The summed E-state index contributed by atoms with van der Waals surface area (Å²) >= 11 is 5.78. The SMILES string of the molecule is NCCCCC(C(=O)O)N(Cl)C(=O)OCc1ccccc1. The Morgan fingerprint density at radius 1 is 1.29 bits per heavy atom. The number of benzene rings is 1. The molecule has 0 saturated heterocycles. The molecule has 0 bridgehead atoms. The Kier molecular flexibility index (Phi) is 7.56. The van der Waals surface area contributed by atoms with Gasteiger partial charge in [-0.05, 0) is 31.4 Å². The van der Waals surface area contributed by atoms with Crippen LogP contribution in [0, 0.1) is 0 Å². The van der Waals surface area contributed by atoms with Crippen molar-refractivity contribution in [2.24, 2.45) is 5.73 Å². The summed E-state index contributed by atoms with van der Waals surface area (Å²) in [5, 5.41) is 9.11. The zero-order chi connectivity index (χ0) is 15.7. The first kappa shape index (κ1) is 17.3. The first-order chi connectivity index (χ1) is 10.1. The normalized spacial score (nSPS) is 11.7. The van der Waals surface area contributed by atoms with Crippen molar-refractivity contribution in [1.29, 1.82) is 0 Å². The minimum Gasteiger partial charge on any atom is -0.480 e. The van der Waals surface area contributed by atoms with Gasteiger partial charge in [-0.2, -0.15) is 0 Å². The maximum Gasteiger partial charge on any atom is 0.425 e. The lowest BCUT2D eigenvalue weighted by molar-refractivity contribution is -0.141. The molecule has 0 aliphatic rings. The van der Waals surface area contributed by atoms with E-state index < -0.39 is 18.1 Å². The van der Waals surface area contributed by atoms with Crippen LogP contribution in [0.5, 0.6) is 0 Å². The number of unbranched alkanes of at least 4 members (excludes halogenated alkanes) is 1. The van der Waals surface area contributed by atoms with Crippen LogP contribution in [0.2, 0.25) is 0 Å². The lowest BCUT2D eigenvalue weighted by Gasteiger charge is -2.21. The summed E-state index contributed by atoms with van der Waals surface area (Å²) in [5.41, 5.74) is 6.15. The van der Waals surface area contributed by atoms with Gasteiger partial charge in [0.05, 0.1) is 0 Å². The standard InChI is InChI=1S/C14H19ClN2O4/c15-17(12(13(18)19)8-4-5-9-16)14(20)21-10-11-6-2-1-3-7-11/h1-3,6-7,12H,4-5,8-10,16H2,(H,18,19). The van der Waals surface area contributed by atoms with Crippen LogP contribution in [0.1, 0.15) is 24.8 Å². The summed E-state index contributed by atoms with van der Waals surface area (Å²) < 4.78 is 5.59. The number of aliphatic carboxylic acids is 1. The van der Waals surface area contributed by atoms with E-state index in [1.54, 1.807) is 12.1 Å². The average molecular weight is 315 g/mol. The van der Waals surface area contributed by atoms with Gasteiger partial charge in [0.2, 0.25) is 0 Å². The Hall–Kier alpha value is -1.79. The van der Waals surface area contributed by atoms with E-state index in [2.05, 4.69) is 0 Å². The predicted octanol–water partition coefficient (Wildman–Crippen LogP) is 2.36. The molecule has 0 aromatic heterocycles. The molecule has 0 saturated carbocycles. The molecule has 0 aliphatic carbocycles. The summed E-state index contributed by atoms with van der Waals surface area (Å²) in [7, 11) is 0. The Morgan fingerprint density at radius 3 is 2.52 bits per heavy atom. The molecule has 0 heterocycles. The molecule has 116 valence electrons. The third-order valence-electron chi connectivity index (χ3n) is 2.87. The zero-order valence-corrected chi connectivity index (χ0v) is 12.3. The molecule has 1 amide bonds. The number of ether oxygens (including phenoxy) is 1. The number of amides is 1. The number of carboxylic acid groups (broad SMARTS) is 1. The molecule has 1 aromatic rings. The summed E-state index contributed by atoms with van der Waals surface area (Å²) in [4.78, 5) is 22.9. The van der Waals surface area contributed by atoms with Crippen molar-refractivity contribution in [2.75, 3.05) is 6.54 Å². The van der Waals surface area contributed by atoms with Crippen molar-refractivity contribution in [3.63, 3.8) is 0 Å². The van der Waals surface area contributed by atoms with E-state index in [-0.39, 0.29) is 13.0 Å². The third-order valence-corrected chi connectivity index (χ3v) is 3.24. The number of halogens is 1. The van der Waals surface area contributed by atoms with Crippen molar-refractivity contribution in [2.45, 2.75) is 31.9 Å². The van der Waals surface area contributed by atoms with E-state index in [9.17, 15) is 9.59 Å². The Bertz CT molecular complexity index is 456. The Morgan fingerprint density at radius 2 is 1.95 bits per heavy atom. The molecular formula is C14H19ClN2O4. The number of hydrogen-bond donors (Lipinski definition) is 2. The Balaban J connectivity index is 2.51. The summed E-state index contributed by atoms with van der Waals surface area (Å²) in [6, 6.07) is 7.94. The van der Waals surface area contributed by atoms with E-state index in [4.69, 9.17) is 27.4 Å². The van der Waals surface area contributed by atoms with Gasteiger partial charge in [0.25, 0.3) is 0 Å². The van der Waals surface area contributed by atoms with Crippen molar-refractivity contribution in [1.82, 2.24) is 4.42 Å². The predicted molar refractivity (Wildman–Crippen MR) is 78.6 cm³/mol. The fourth-order valence-corrected chi connectivity index (χ4v) is 1.95. The number of carbonyl (C=O) groups is 2. The van der Waals surface area contributed by atoms with E-state index in [1.165, 1.54) is 0 Å². The second-order valence-electron chi connectivity index (χ2n) is 4.49. The van der Waals surface area contributed by atoms with E-state index in [0.29, 0.717) is 23.8 Å². The molecule has 1 aromatic carbocycles. The van der Waals surface area contributed by atoms with Gasteiger partial charge in [-0.25, -0.2) is 14.0 Å². The van der Waals surface area contributed by atoms with Crippen LogP contribution in [0.4, 0.5) is 4.79 Å². The van der Waals surface area contributed by atoms with Gasteiger partial charge in [-0.15, -0.1) is 0 Å². The number of carbonyl (C=O) groups excluding carboxylic acids is 1. The summed E-state index contributed by atoms with van der Waals surface area (Å²) in [6.07, 6.45) is 0.604. The van der Waals surface area contributed by atoms with Crippen molar-refractivity contribution in [3.05, 3.63) is 35.9 Å².